The van der Waals surface area contributed by atoms with E-state index in [9.17, 15) is 0 Å². The molecule has 1 aromatic rings. The molecule has 1 heterocycles. The first kappa shape index (κ1) is 16.4. The summed E-state index contributed by atoms with van der Waals surface area (Å²) < 4.78 is 5.26. The minimum Gasteiger partial charge on any atom is -0.394 e. The molecule has 0 unspecified atom stereocenters. The third-order valence-corrected chi connectivity index (χ3v) is 3.97. The topological polar surface area (TPSA) is 44.7 Å². The summed E-state index contributed by atoms with van der Waals surface area (Å²) in [6, 6.07) is 11.4. The maximum atomic E-state index is 8.61. The summed E-state index contributed by atoms with van der Waals surface area (Å²) in [7, 11) is 0. The zero-order valence-electron chi connectivity index (χ0n) is 12.8. The van der Waals surface area contributed by atoms with Crippen molar-refractivity contribution in [3.63, 3.8) is 0 Å². The molecule has 1 saturated heterocycles. The largest absolute Gasteiger partial charge is 0.394 e. The molecule has 0 spiro atoms. The summed E-state index contributed by atoms with van der Waals surface area (Å²) >= 11 is 0. The molecule has 0 bridgehead atoms. The number of nitrogens with zero attached hydrogens (tertiary/aromatic N) is 1. The van der Waals surface area contributed by atoms with Crippen LogP contribution in [-0.2, 0) is 11.3 Å². The molecule has 118 valence electrons. The highest BCUT2D eigenvalue weighted by atomic mass is 16.5. The van der Waals surface area contributed by atoms with Crippen molar-refractivity contribution >= 4 is 0 Å². The molecular formula is C17H28N2O2. The molecule has 1 aliphatic heterocycles. The molecule has 0 saturated carbocycles. The molecule has 1 aliphatic rings. The normalized spacial score (nSPS) is 17.2. The lowest BCUT2D eigenvalue weighted by Gasteiger charge is -2.32. The van der Waals surface area contributed by atoms with Crippen LogP contribution in [0.25, 0.3) is 0 Å². The first-order chi connectivity index (χ1) is 10.4. The van der Waals surface area contributed by atoms with Crippen LogP contribution < -0.4 is 5.32 Å². The monoisotopic (exact) mass is 292 g/mol. The summed E-state index contributed by atoms with van der Waals surface area (Å²) in [5, 5.41) is 12.2. The standard InChI is InChI=1S/C17H28N2O2/c20-12-14-21-13-4-9-18-17-7-10-19(11-8-17)15-16-5-2-1-3-6-16/h1-3,5-6,17-18,20H,4,7-15H2. The lowest BCUT2D eigenvalue weighted by molar-refractivity contribution is 0.0897. The van der Waals surface area contributed by atoms with Crippen molar-refractivity contribution in [2.24, 2.45) is 0 Å². The van der Waals surface area contributed by atoms with Crippen molar-refractivity contribution < 1.29 is 9.84 Å². The number of ether oxygens (including phenoxy) is 1. The van der Waals surface area contributed by atoms with E-state index in [4.69, 9.17) is 9.84 Å². The van der Waals surface area contributed by atoms with E-state index in [2.05, 4.69) is 40.5 Å². The van der Waals surface area contributed by atoms with E-state index >= 15 is 0 Å². The Kier molecular flexibility index (Phi) is 7.75. The molecule has 0 aromatic heterocycles. The maximum Gasteiger partial charge on any atom is 0.0697 e. The summed E-state index contributed by atoms with van der Waals surface area (Å²) in [4.78, 5) is 2.54. The van der Waals surface area contributed by atoms with Crippen LogP contribution >= 0.6 is 0 Å². The average Bonchev–Trinajstić information content (AvgIpc) is 2.53. The Bertz CT molecular complexity index is 364. The Hall–Kier alpha value is -0.940. The highest BCUT2D eigenvalue weighted by Crippen LogP contribution is 2.13. The Labute approximate surface area is 128 Å². The Morgan fingerprint density at radius 1 is 1.14 bits per heavy atom. The second-order valence-electron chi connectivity index (χ2n) is 5.68. The number of piperidine rings is 1. The van der Waals surface area contributed by atoms with Crippen LogP contribution in [0.3, 0.4) is 0 Å². The van der Waals surface area contributed by atoms with Gasteiger partial charge in [-0.05, 0) is 44.5 Å². The highest BCUT2D eigenvalue weighted by Gasteiger charge is 2.18. The van der Waals surface area contributed by atoms with Crippen molar-refractivity contribution in [1.29, 1.82) is 0 Å². The molecular weight excluding hydrogens is 264 g/mol. The Morgan fingerprint density at radius 3 is 2.62 bits per heavy atom. The van der Waals surface area contributed by atoms with Gasteiger partial charge in [-0.15, -0.1) is 0 Å². The van der Waals surface area contributed by atoms with E-state index in [1.807, 2.05) is 0 Å². The van der Waals surface area contributed by atoms with Crippen LogP contribution in [0.5, 0.6) is 0 Å². The van der Waals surface area contributed by atoms with Crippen molar-refractivity contribution in [3.8, 4) is 0 Å². The molecule has 1 fully saturated rings. The van der Waals surface area contributed by atoms with Gasteiger partial charge in [-0.25, -0.2) is 0 Å². The zero-order valence-corrected chi connectivity index (χ0v) is 12.8. The van der Waals surface area contributed by atoms with Gasteiger partial charge in [-0.1, -0.05) is 30.3 Å². The number of hydrogen-bond donors (Lipinski definition) is 2. The van der Waals surface area contributed by atoms with Crippen LogP contribution in [0.4, 0.5) is 0 Å². The van der Waals surface area contributed by atoms with E-state index in [1.165, 1.54) is 31.5 Å². The number of benzene rings is 1. The van der Waals surface area contributed by atoms with Gasteiger partial charge in [0.05, 0.1) is 13.2 Å². The molecule has 0 atom stereocenters. The quantitative estimate of drug-likeness (QED) is 0.679. The van der Waals surface area contributed by atoms with Gasteiger partial charge in [-0.3, -0.25) is 4.90 Å². The molecule has 2 rings (SSSR count). The third-order valence-electron chi connectivity index (χ3n) is 3.97. The van der Waals surface area contributed by atoms with E-state index in [0.717, 1.165) is 26.1 Å². The minimum atomic E-state index is 0.118. The summed E-state index contributed by atoms with van der Waals surface area (Å²) in [6.45, 7) is 5.74. The first-order valence-electron chi connectivity index (χ1n) is 8.07. The van der Waals surface area contributed by atoms with Crippen LogP contribution in [0.2, 0.25) is 0 Å². The van der Waals surface area contributed by atoms with Crippen molar-refractivity contribution in [1.82, 2.24) is 10.2 Å². The molecule has 2 N–H and O–H groups in total. The van der Waals surface area contributed by atoms with Gasteiger partial charge < -0.3 is 15.2 Å². The molecule has 0 amide bonds. The summed E-state index contributed by atoms with van der Waals surface area (Å²) in [5.74, 6) is 0. The predicted molar refractivity (Wildman–Crippen MR) is 85.3 cm³/mol. The van der Waals surface area contributed by atoms with Gasteiger partial charge in [0.25, 0.3) is 0 Å². The van der Waals surface area contributed by atoms with Gasteiger partial charge in [0.15, 0.2) is 0 Å². The number of nitrogens with one attached hydrogen (secondary N) is 1. The van der Waals surface area contributed by atoms with E-state index in [-0.39, 0.29) is 6.61 Å². The van der Waals surface area contributed by atoms with Gasteiger partial charge in [0.1, 0.15) is 0 Å². The van der Waals surface area contributed by atoms with Gasteiger partial charge in [-0.2, -0.15) is 0 Å². The number of rotatable bonds is 9. The minimum absolute atomic E-state index is 0.118. The molecule has 0 aliphatic carbocycles. The lowest BCUT2D eigenvalue weighted by atomic mass is 10.0. The van der Waals surface area contributed by atoms with Crippen molar-refractivity contribution in [2.45, 2.75) is 31.8 Å². The van der Waals surface area contributed by atoms with Crippen molar-refractivity contribution in [3.05, 3.63) is 35.9 Å². The van der Waals surface area contributed by atoms with Crippen LogP contribution in [0, 0.1) is 0 Å². The Balaban J connectivity index is 1.54. The smallest absolute Gasteiger partial charge is 0.0697 e. The van der Waals surface area contributed by atoms with Gasteiger partial charge >= 0.3 is 0 Å². The van der Waals surface area contributed by atoms with Crippen LogP contribution in [0.1, 0.15) is 24.8 Å². The predicted octanol–water partition coefficient (Wildman–Crippen LogP) is 1.64. The molecule has 21 heavy (non-hydrogen) atoms. The van der Waals surface area contributed by atoms with E-state index in [1.54, 1.807) is 0 Å². The number of hydrogen-bond acceptors (Lipinski definition) is 4. The average molecular weight is 292 g/mol. The molecule has 4 heteroatoms. The van der Waals surface area contributed by atoms with Crippen LogP contribution in [0.15, 0.2) is 30.3 Å². The Morgan fingerprint density at radius 2 is 1.90 bits per heavy atom. The summed E-state index contributed by atoms with van der Waals surface area (Å²) in [6.07, 6.45) is 3.47. The van der Waals surface area contributed by atoms with Gasteiger partial charge in [0, 0.05) is 19.2 Å². The molecule has 1 aromatic carbocycles. The number of likely N-dealkylation sites (tertiary alicyclic amines) is 1. The fourth-order valence-corrected chi connectivity index (χ4v) is 2.78. The number of aliphatic hydroxyl groups is 1. The SMILES string of the molecule is OCCOCCCNC1CCN(Cc2ccccc2)CC1. The number of aliphatic hydroxyl groups excluding tert-OH is 1. The van der Waals surface area contributed by atoms with Gasteiger partial charge in [0.2, 0.25) is 0 Å². The fourth-order valence-electron chi connectivity index (χ4n) is 2.78. The fraction of sp³-hybridized carbons (Fsp3) is 0.647. The zero-order chi connectivity index (χ0) is 14.8. The van der Waals surface area contributed by atoms with Crippen LogP contribution in [-0.4, -0.2) is 55.5 Å². The maximum absolute atomic E-state index is 8.61. The molecule has 0 radical (unpaired) electrons. The third kappa shape index (κ3) is 6.57. The lowest BCUT2D eigenvalue weighted by Crippen LogP contribution is -2.42. The second-order valence-corrected chi connectivity index (χ2v) is 5.68. The summed E-state index contributed by atoms with van der Waals surface area (Å²) in [5.41, 5.74) is 1.41. The van der Waals surface area contributed by atoms with E-state index in [0.29, 0.717) is 12.6 Å². The second kappa shape index (κ2) is 9.90. The highest BCUT2D eigenvalue weighted by molar-refractivity contribution is 5.14. The van der Waals surface area contributed by atoms with E-state index < -0.39 is 0 Å². The van der Waals surface area contributed by atoms with Crippen molar-refractivity contribution in [2.75, 3.05) is 39.5 Å². The molecule has 4 nitrogen and oxygen atoms in total. The first-order valence-corrected chi connectivity index (χ1v) is 8.07.